The fraction of sp³-hybridized carbons (Fsp3) is 0.583. The van der Waals surface area contributed by atoms with Crippen molar-refractivity contribution in [2.24, 2.45) is 13.0 Å². The Hall–Kier alpha value is -2.19. The number of nitrogens with zero attached hydrogens (tertiary/aromatic N) is 2. The van der Waals surface area contributed by atoms with Crippen LogP contribution < -0.4 is 5.32 Å². The van der Waals surface area contributed by atoms with Gasteiger partial charge in [-0.1, -0.05) is 12.1 Å². The van der Waals surface area contributed by atoms with E-state index in [9.17, 15) is 18.3 Å². The number of carbonyl (C=O) groups is 1. The third kappa shape index (κ3) is 4.48. The zero-order valence-corrected chi connectivity index (χ0v) is 19.2. The molecule has 1 amide bonds. The molecule has 0 radical (unpaired) electrons. The summed E-state index contributed by atoms with van der Waals surface area (Å²) in [7, 11) is -1.49. The summed E-state index contributed by atoms with van der Waals surface area (Å²) in [6.45, 7) is 0. The number of nitrogens with one attached hydrogen (secondary N) is 1. The van der Waals surface area contributed by atoms with Crippen LogP contribution in [0.25, 0.3) is 0 Å². The summed E-state index contributed by atoms with van der Waals surface area (Å²) >= 11 is 0. The van der Waals surface area contributed by atoms with Crippen LogP contribution in [0.15, 0.2) is 35.4 Å². The van der Waals surface area contributed by atoms with Crippen molar-refractivity contribution in [1.29, 1.82) is 0 Å². The van der Waals surface area contributed by atoms with E-state index >= 15 is 0 Å². The normalized spacial score (nSPS) is 24.4. The highest BCUT2D eigenvalue weighted by Gasteiger charge is 2.41. The number of benzene rings is 1. The first kappa shape index (κ1) is 21.6. The van der Waals surface area contributed by atoms with Gasteiger partial charge in [0, 0.05) is 19.3 Å². The number of hydrogen-bond acceptors (Lipinski definition) is 5. The molecule has 2 aromatic rings. The maximum Gasteiger partial charge on any atom is 0.233 e. The Morgan fingerprint density at radius 2 is 1.97 bits per heavy atom. The number of anilines is 1. The third-order valence-corrected chi connectivity index (χ3v) is 9.42. The molecule has 3 saturated carbocycles. The molecule has 3 atom stereocenters. The molecule has 0 spiro atoms. The highest BCUT2D eigenvalue weighted by Crippen LogP contribution is 2.47. The zero-order valence-electron chi connectivity index (χ0n) is 18.4. The lowest BCUT2D eigenvalue weighted by Crippen LogP contribution is -2.24. The van der Waals surface area contributed by atoms with Crippen LogP contribution in [0.1, 0.15) is 74.3 Å². The van der Waals surface area contributed by atoms with Gasteiger partial charge in [-0.2, -0.15) is 5.10 Å². The molecule has 32 heavy (non-hydrogen) atoms. The van der Waals surface area contributed by atoms with Crippen LogP contribution in [0.3, 0.4) is 0 Å². The quantitative estimate of drug-likeness (QED) is 0.632. The van der Waals surface area contributed by atoms with Crippen molar-refractivity contribution < 1.29 is 18.3 Å². The van der Waals surface area contributed by atoms with Crippen molar-refractivity contribution in [1.82, 2.24) is 9.78 Å². The van der Waals surface area contributed by atoms with E-state index in [1.807, 2.05) is 12.1 Å². The molecular weight excluding hydrogens is 426 g/mol. The van der Waals surface area contributed by atoms with Crippen LogP contribution in [-0.2, 0) is 21.7 Å². The first-order valence-electron chi connectivity index (χ1n) is 11.7. The van der Waals surface area contributed by atoms with Gasteiger partial charge in [0.1, 0.15) is 0 Å². The van der Waals surface area contributed by atoms with Gasteiger partial charge in [0.2, 0.25) is 5.91 Å². The smallest absolute Gasteiger partial charge is 0.233 e. The number of sulfone groups is 1. The van der Waals surface area contributed by atoms with E-state index in [-0.39, 0.29) is 29.1 Å². The Bertz CT molecular complexity index is 1120. The number of aromatic nitrogens is 2. The van der Waals surface area contributed by atoms with Crippen LogP contribution in [-0.4, -0.2) is 40.6 Å². The lowest BCUT2D eigenvalue weighted by atomic mass is 9.86. The minimum Gasteiger partial charge on any atom is -0.393 e. The molecule has 1 aromatic heterocycles. The number of aliphatic hydroxyl groups excluding tert-OH is 1. The number of amides is 1. The topological polar surface area (TPSA) is 101 Å². The summed E-state index contributed by atoms with van der Waals surface area (Å²) in [4.78, 5) is 13.8. The van der Waals surface area contributed by atoms with E-state index in [1.165, 1.54) is 0 Å². The van der Waals surface area contributed by atoms with E-state index in [0.29, 0.717) is 23.6 Å². The summed E-state index contributed by atoms with van der Waals surface area (Å²) in [6.07, 6.45) is 7.97. The number of aliphatic hydroxyl groups is 1. The lowest BCUT2D eigenvalue weighted by Gasteiger charge is -2.22. The van der Waals surface area contributed by atoms with Gasteiger partial charge >= 0.3 is 0 Å². The van der Waals surface area contributed by atoms with Crippen LogP contribution in [0.4, 0.5) is 5.82 Å². The molecule has 3 fully saturated rings. The summed E-state index contributed by atoms with van der Waals surface area (Å²) in [5.41, 5.74) is 1.74. The summed E-state index contributed by atoms with van der Waals surface area (Å²) in [6, 6.07) is 7.30. The van der Waals surface area contributed by atoms with Crippen molar-refractivity contribution in [2.45, 2.75) is 79.5 Å². The van der Waals surface area contributed by atoms with Gasteiger partial charge in [-0.25, -0.2) is 8.42 Å². The van der Waals surface area contributed by atoms with Gasteiger partial charge in [-0.3, -0.25) is 9.48 Å². The van der Waals surface area contributed by atoms with Crippen molar-refractivity contribution in [3.8, 4) is 0 Å². The number of carbonyl (C=O) groups excluding carboxylic acids is 1. The lowest BCUT2D eigenvalue weighted by molar-refractivity contribution is -0.118. The standard InChI is InChI=1S/C24H31N3O4S/c1-27-11-10-23(26-27)25-24(29)21(13-15-2-6-18(28)12-15)17-5-9-22(20(14-17)16-3-4-16)32(30,31)19-7-8-19/h5,9-11,14-16,18-19,21,28H,2-4,6-8,12-13H2,1H3,(H,25,26,29)/t15-,18?,21+/m0/s1. The molecule has 1 unspecified atom stereocenters. The van der Waals surface area contributed by atoms with E-state index < -0.39 is 15.8 Å². The molecule has 172 valence electrons. The van der Waals surface area contributed by atoms with E-state index in [1.54, 1.807) is 30.1 Å². The molecule has 8 heteroatoms. The first-order chi connectivity index (χ1) is 15.3. The highest BCUT2D eigenvalue weighted by molar-refractivity contribution is 7.92. The molecule has 2 N–H and O–H groups in total. The average Bonchev–Trinajstić information content (AvgIpc) is 3.68. The molecule has 7 nitrogen and oxygen atoms in total. The van der Waals surface area contributed by atoms with Gasteiger partial charge < -0.3 is 10.4 Å². The maximum absolute atomic E-state index is 13.3. The second-order valence-electron chi connectivity index (χ2n) is 9.80. The molecule has 3 aliphatic rings. The van der Waals surface area contributed by atoms with Crippen molar-refractivity contribution in [2.75, 3.05) is 5.32 Å². The second-order valence-corrected chi connectivity index (χ2v) is 12.0. The van der Waals surface area contributed by atoms with E-state index in [2.05, 4.69) is 10.4 Å². The predicted octanol–water partition coefficient (Wildman–Crippen LogP) is 3.51. The van der Waals surface area contributed by atoms with Crippen molar-refractivity contribution >= 4 is 21.6 Å². The monoisotopic (exact) mass is 457 g/mol. The molecule has 0 bridgehead atoms. The molecule has 3 aliphatic carbocycles. The third-order valence-electron chi connectivity index (χ3n) is 7.09. The largest absolute Gasteiger partial charge is 0.393 e. The number of rotatable bonds is 8. The fourth-order valence-electron chi connectivity index (χ4n) is 5.00. The maximum atomic E-state index is 13.3. The molecule has 0 saturated heterocycles. The highest BCUT2D eigenvalue weighted by atomic mass is 32.2. The minimum absolute atomic E-state index is 0.135. The van der Waals surface area contributed by atoms with Gasteiger partial charge in [0.05, 0.1) is 22.2 Å². The van der Waals surface area contributed by atoms with E-state index in [4.69, 9.17) is 0 Å². The average molecular weight is 458 g/mol. The molecule has 0 aliphatic heterocycles. The van der Waals surface area contributed by atoms with Crippen LogP contribution in [0.2, 0.25) is 0 Å². The van der Waals surface area contributed by atoms with Gasteiger partial charge in [-0.15, -0.1) is 0 Å². The Balaban J connectivity index is 1.47. The van der Waals surface area contributed by atoms with Crippen LogP contribution >= 0.6 is 0 Å². The van der Waals surface area contributed by atoms with Crippen molar-refractivity contribution in [3.63, 3.8) is 0 Å². The van der Waals surface area contributed by atoms with Gasteiger partial charge in [-0.05, 0) is 80.4 Å². The molecule has 1 heterocycles. The van der Waals surface area contributed by atoms with Gasteiger partial charge in [0.25, 0.3) is 0 Å². The zero-order chi connectivity index (χ0) is 22.5. The number of hydrogen-bond donors (Lipinski definition) is 2. The molecule has 5 rings (SSSR count). The number of aryl methyl sites for hydroxylation is 1. The Labute approximate surface area is 189 Å². The Morgan fingerprint density at radius 3 is 2.56 bits per heavy atom. The molecule has 1 aromatic carbocycles. The summed E-state index contributed by atoms with van der Waals surface area (Å²) < 4.78 is 27.6. The van der Waals surface area contributed by atoms with E-state index in [0.717, 1.165) is 49.7 Å². The Kier molecular flexibility index (Phi) is 5.61. The fourth-order valence-corrected chi connectivity index (χ4v) is 6.93. The van der Waals surface area contributed by atoms with Gasteiger partial charge in [0.15, 0.2) is 15.7 Å². The van der Waals surface area contributed by atoms with Crippen LogP contribution in [0, 0.1) is 5.92 Å². The minimum atomic E-state index is -3.29. The second kappa shape index (κ2) is 8.30. The summed E-state index contributed by atoms with van der Waals surface area (Å²) in [5.74, 6) is 0.492. The SMILES string of the molecule is Cn1ccc(NC(=O)[C@H](C[C@H]2CCC(O)C2)c2ccc(S(=O)(=O)C3CC3)c(C3CC3)c2)n1. The van der Waals surface area contributed by atoms with Crippen LogP contribution in [0.5, 0.6) is 0 Å². The predicted molar refractivity (Wildman–Crippen MR) is 121 cm³/mol. The summed E-state index contributed by atoms with van der Waals surface area (Å²) in [5, 5.41) is 16.9. The Morgan fingerprint density at radius 1 is 1.19 bits per heavy atom. The van der Waals surface area contributed by atoms with Crippen molar-refractivity contribution in [3.05, 3.63) is 41.6 Å². The molecular formula is C24H31N3O4S. The first-order valence-corrected chi connectivity index (χ1v) is 13.2.